The Bertz CT molecular complexity index is 734. The summed E-state index contributed by atoms with van der Waals surface area (Å²) in [7, 11) is 0. The fourth-order valence-electron chi connectivity index (χ4n) is 5.23. The van der Waals surface area contributed by atoms with Gasteiger partial charge in [0.1, 0.15) is 42.7 Å². The van der Waals surface area contributed by atoms with Crippen molar-refractivity contribution in [2.24, 2.45) is 5.92 Å². The van der Waals surface area contributed by atoms with Gasteiger partial charge in [-0.05, 0) is 33.1 Å². The maximum absolute atomic E-state index is 12.0. The molecular formula is C25H44O13. The fraction of sp³-hybridized carbons (Fsp3) is 0.960. The van der Waals surface area contributed by atoms with Crippen molar-refractivity contribution < 1.29 is 64.2 Å². The van der Waals surface area contributed by atoms with Crippen LogP contribution < -0.4 is 0 Å². The number of carboxylic acids is 1. The Morgan fingerprint density at radius 3 is 1.95 bits per heavy atom. The minimum Gasteiger partial charge on any atom is -0.479 e. The van der Waals surface area contributed by atoms with Crippen LogP contribution in [0.15, 0.2) is 0 Å². The summed E-state index contributed by atoms with van der Waals surface area (Å²) in [6.45, 7) is 4.07. The van der Waals surface area contributed by atoms with Crippen LogP contribution in [-0.2, 0) is 28.5 Å². The number of ether oxygens (including phenoxy) is 5. The molecule has 222 valence electrons. The Morgan fingerprint density at radius 2 is 1.39 bits per heavy atom. The molecule has 0 radical (unpaired) electrons. The number of rotatable bonds is 11. The van der Waals surface area contributed by atoms with E-state index in [1.807, 2.05) is 0 Å². The maximum Gasteiger partial charge on any atom is 0.332 e. The van der Waals surface area contributed by atoms with E-state index >= 15 is 0 Å². The van der Waals surface area contributed by atoms with Crippen molar-refractivity contribution in [3.63, 3.8) is 0 Å². The molecule has 13 atom stereocenters. The standard InChI is InChI=1S/C25H44O13/c1-11(34-24-20(30)19(29)17(27)13(3)36-24)12(2)35-25-21(31)22(18(28)16(10-26)38-25)37-15(23(32)33)9-14-7-5-4-6-8-14/h11-22,24-31H,4-10H2,1-3H3,(H,32,33)/t11-,12-,13+,15+,16-,17-,18+,19-,20+,21-,22+,24-,25-/m1/s1. The number of aliphatic carboxylic acids is 1. The van der Waals surface area contributed by atoms with Gasteiger partial charge in [-0.15, -0.1) is 0 Å². The molecule has 0 unspecified atom stereocenters. The van der Waals surface area contributed by atoms with E-state index in [1.165, 1.54) is 6.92 Å². The highest BCUT2D eigenvalue weighted by Gasteiger charge is 2.49. The Hall–Kier alpha value is -0.970. The van der Waals surface area contributed by atoms with E-state index in [0.29, 0.717) is 0 Å². The second kappa shape index (κ2) is 14.1. The molecule has 3 aliphatic rings. The Kier molecular flexibility index (Phi) is 11.7. The average molecular weight is 553 g/mol. The third-order valence-corrected chi connectivity index (χ3v) is 7.86. The summed E-state index contributed by atoms with van der Waals surface area (Å²) < 4.78 is 28.3. The molecule has 0 aromatic carbocycles. The van der Waals surface area contributed by atoms with Gasteiger partial charge >= 0.3 is 5.97 Å². The number of hydrogen-bond acceptors (Lipinski definition) is 12. The fourth-order valence-corrected chi connectivity index (χ4v) is 5.23. The molecular weight excluding hydrogens is 508 g/mol. The number of hydrogen-bond donors (Lipinski definition) is 7. The largest absolute Gasteiger partial charge is 0.479 e. The molecule has 0 aromatic heterocycles. The second-order valence-corrected chi connectivity index (χ2v) is 10.7. The highest BCUT2D eigenvalue weighted by atomic mass is 16.7. The summed E-state index contributed by atoms with van der Waals surface area (Å²) in [5.41, 5.74) is 0. The quantitative estimate of drug-likeness (QED) is 0.162. The lowest BCUT2D eigenvalue weighted by Crippen LogP contribution is -2.62. The zero-order chi connectivity index (χ0) is 28.1. The van der Waals surface area contributed by atoms with Crippen molar-refractivity contribution in [3.05, 3.63) is 0 Å². The first kappa shape index (κ1) is 31.6. The Balaban J connectivity index is 1.64. The number of aliphatic hydroxyl groups is 6. The SMILES string of the molecule is C[C@@H]1O[C@@H](O[C@H](C)[C@@H](C)O[C@@H]2O[C@H](CO)[C@H](O)[C@H](O[C@@H](CC3CCCCC3)C(=O)O)[C@H]2O)[C@@H](O)[C@H](O)[C@@H]1O. The minimum absolute atomic E-state index is 0.164. The molecule has 13 nitrogen and oxygen atoms in total. The van der Waals surface area contributed by atoms with Crippen LogP contribution in [0.2, 0.25) is 0 Å². The van der Waals surface area contributed by atoms with E-state index in [1.54, 1.807) is 13.8 Å². The monoisotopic (exact) mass is 552 g/mol. The topological polar surface area (TPSA) is 205 Å². The maximum atomic E-state index is 12.0. The molecule has 2 heterocycles. The van der Waals surface area contributed by atoms with Crippen LogP contribution >= 0.6 is 0 Å². The van der Waals surface area contributed by atoms with Gasteiger partial charge in [0, 0.05) is 0 Å². The summed E-state index contributed by atoms with van der Waals surface area (Å²) >= 11 is 0. The van der Waals surface area contributed by atoms with Gasteiger partial charge in [0.2, 0.25) is 0 Å². The zero-order valence-electron chi connectivity index (χ0n) is 22.1. The molecule has 13 heteroatoms. The molecule has 3 fully saturated rings. The van der Waals surface area contributed by atoms with Crippen LogP contribution in [0.4, 0.5) is 0 Å². The van der Waals surface area contributed by atoms with Crippen molar-refractivity contribution in [1.82, 2.24) is 0 Å². The van der Waals surface area contributed by atoms with Gasteiger partial charge in [0.25, 0.3) is 0 Å². The van der Waals surface area contributed by atoms with Gasteiger partial charge in [-0.25, -0.2) is 4.79 Å². The predicted molar refractivity (Wildman–Crippen MR) is 129 cm³/mol. The first-order chi connectivity index (χ1) is 17.9. The van der Waals surface area contributed by atoms with Gasteiger partial charge < -0.3 is 59.4 Å². The van der Waals surface area contributed by atoms with Gasteiger partial charge in [0.15, 0.2) is 18.7 Å². The third-order valence-electron chi connectivity index (χ3n) is 7.86. The molecule has 7 N–H and O–H groups in total. The molecule has 0 aromatic rings. The highest BCUT2D eigenvalue weighted by Crippen LogP contribution is 2.32. The molecule has 0 bridgehead atoms. The Morgan fingerprint density at radius 1 is 0.816 bits per heavy atom. The predicted octanol–water partition coefficient (Wildman–Crippen LogP) is -1.13. The molecule has 0 amide bonds. The van der Waals surface area contributed by atoms with Crippen molar-refractivity contribution in [2.45, 2.75) is 139 Å². The van der Waals surface area contributed by atoms with Crippen LogP contribution in [0.1, 0.15) is 59.3 Å². The van der Waals surface area contributed by atoms with E-state index < -0.39 is 92.3 Å². The van der Waals surface area contributed by atoms with Crippen molar-refractivity contribution in [3.8, 4) is 0 Å². The van der Waals surface area contributed by atoms with Crippen molar-refractivity contribution >= 4 is 5.97 Å². The summed E-state index contributed by atoms with van der Waals surface area (Å²) in [5.74, 6) is -1.04. The van der Waals surface area contributed by atoms with Crippen LogP contribution in [0.5, 0.6) is 0 Å². The van der Waals surface area contributed by atoms with Crippen LogP contribution in [0.25, 0.3) is 0 Å². The first-order valence-corrected chi connectivity index (χ1v) is 13.5. The van der Waals surface area contributed by atoms with E-state index in [9.17, 15) is 40.5 Å². The molecule has 38 heavy (non-hydrogen) atoms. The van der Waals surface area contributed by atoms with Crippen molar-refractivity contribution in [1.29, 1.82) is 0 Å². The average Bonchev–Trinajstić information content (AvgIpc) is 2.89. The Labute approximate surface area is 222 Å². The van der Waals surface area contributed by atoms with Crippen molar-refractivity contribution in [2.75, 3.05) is 6.61 Å². The molecule has 2 saturated heterocycles. The van der Waals surface area contributed by atoms with Crippen LogP contribution in [0, 0.1) is 5.92 Å². The van der Waals surface area contributed by atoms with E-state index in [4.69, 9.17) is 23.7 Å². The number of carboxylic acid groups (broad SMARTS) is 1. The lowest BCUT2D eigenvalue weighted by molar-refractivity contribution is -0.339. The number of carbonyl (C=O) groups is 1. The normalized spacial score (nSPS) is 41.4. The highest BCUT2D eigenvalue weighted by molar-refractivity contribution is 5.72. The molecule has 1 saturated carbocycles. The van der Waals surface area contributed by atoms with E-state index in [0.717, 1.165) is 32.1 Å². The minimum atomic E-state index is -1.59. The van der Waals surface area contributed by atoms with E-state index in [-0.39, 0.29) is 12.3 Å². The van der Waals surface area contributed by atoms with Gasteiger partial charge in [-0.2, -0.15) is 0 Å². The third kappa shape index (κ3) is 7.61. The molecule has 3 rings (SSSR count). The van der Waals surface area contributed by atoms with Gasteiger partial charge in [0.05, 0.1) is 24.9 Å². The van der Waals surface area contributed by atoms with Gasteiger partial charge in [-0.1, -0.05) is 32.1 Å². The molecule has 0 spiro atoms. The first-order valence-electron chi connectivity index (χ1n) is 13.5. The number of aliphatic hydroxyl groups excluding tert-OH is 6. The molecule has 2 aliphatic heterocycles. The summed E-state index contributed by atoms with van der Waals surface area (Å²) in [6, 6.07) is 0. The zero-order valence-corrected chi connectivity index (χ0v) is 22.1. The van der Waals surface area contributed by atoms with Crippen LogP contribution in [-0.4, -0.2) is 128 Å². The van der Waals surface area contributed by atoms with E-state index in [2.05, 4.69) is 0 Å². The lowest BCUT2D eigenvalue weighted by Gasteiger charge is -2.44. The smallest absolute Gasteiger partial charge is 0.332 e. The van der Waals surface area contributed by atoms with Gasteiger partial charge in [-0.3, -0.25) is 0 Å². The molecule has 1 aliphatic carbocycles. The summed E-state index contributed by atoms with van der Waals surface area (Å²) in [4.78, 5) is 12.0. The summed E-state index contributed by atoms with van der Waals surface area (Å²) in [6.07, 6.45) is -11.2. The van der Waals surface area contributed by atoms with Crippen LogP contribution in [0.3, 0.4) is 0 Å². The second-order valence-electron chi connectivity index (χ2n) is 10.7. The summed E-state index contributed by atoms with van der Waals surface area (Å²) in [5, 5.41) is 71.2. The lowest BCUT2D eigenvalue weighted by atomic mass is 9.85.